The van der Waals surface area contributed by atoms with E-state index in [9.17, 15) is 9.59 Å². The molecule has 0 aliphatic carbocycles. The molecule has 1 fully saturated rings. The molecule has 1 saturated heterocycles. The monoisotopic (exact) mass is 325 g/mol. The van der Waals surface area contributed by atoms with Gasteiger partial charge in [0, 0.05) is 32.9 Å². The van der Waals surface area contributed by atoms with Gasteiger partial charge < -0.3 is 24.2 Å². The van der Waals surface area contributed by atoms with Gasteiger partial charge in [0.15, 0.2) is 11.5 Å². The molecule has 0 spiro atoms. The van der Waals surface area contributed by atoms with Crippen LogP contribution in [0.25, 0.3) is 0 Å². The number of hydrogen-bond acceptors (Lipinski definition) is 6. The smallest absolute Gasteiger partial charge is 0.273 e. The molecule has 128 valence electrons. The molecule has 23 heavy (non-hydrogen) atoms. The van der Waals surface area contributed by atoms with E-state index in [1.54, 1.807) is 11.0 Å². The van der Waals surface area contributed by atoms with Crippen LogP contribution in [-0.2, 0) is 20.8 Å². The van der Waals surface area contributed by atoms with Crippen molar-refractivity contribution in [2.45, 2.75) is 32.4 Å². The van der Waals surface area contributed by atoms with Gasteiger partial charge in [-0.05, 0) is 19.8 Å². The summed E-state index contributed by atoms with van der Waals surface area (Å²) in [5, 5.41) is 6.39. The molecular weight excluding hydrogens is 302 g/mol. The number of carbonyl (C=O) groups excluding carboxylic acids is 2. The van der Waals surface area contributed by atoms with Crippen LogP contribution in [0.4, 0.5) is 0 Å². The Kier molecular flexibility index (Phi) is 6.54. The zero-order valence-corrected chi connectivity index (χ0v) is 13.5. The zero-order chi connectivity index (χ0) is 16.7. The minimum atomic E-state index is -0.295. The van der Waals surface area contributed by atoms with Crippen LogP contribution < -0.4 is 5.32 Å². The third kappa shape index (κ3) is 5.04. The predicted molar refractivity (Wildman–Crippen MR) is 80.8 cm³/mol. The van der Waals surface area contributed by atoms with Crippen molar-refractivity contribution in [2.24, 2.45) is 0 Å². The molecule has 2 amide bonds. The molecule has 1 aromatic heterocycles. The number of aromatic nitrogens is 1. The fraction of sp³-hybridized carbons (Fsp3) is 0.667. The fourth-order valence-electron chi connectivity index (χ4n) is 2.44. The van der Waals surface area contributed by atoms with Gasteiger partial charge in [-0.3, -0.25) is 9.59 Å². The Hall–Kier alpha value is -1.93. The lowest BCUT2D eigenvalue weighted by molar-refractivity contribution is -0.137. The Balaban J connectivity index is 2.01. The number of ether oxygens (including phenoxy) is 2. The van der Waals surface area contributed by atoms with Crippen molar-refractivity contribution >= 4 is 11.8 Å². The van der Waals surface area contributed by atoms with Crippen molar-refractivity contribution in [3.8, 4) is 0 Å². The summed E-state index contributed by atoms with van der Waals surface area (Å²) in [6, 6.07) is 1.55. The number of carbonyl (C=O) groups is 2. The highest BCUT2D eigenvalue weighted by Gasteiger charge is 2.24. The number of methoxy groups -OCH3 is 1. The lowest BCUT2D eigenvalue weighted by atomic mass is 10.2. The van der Waals surface area contributed by atoms with Crippen molar-refractivity contribution in [1.29, 1.82) is 0 Å². The van der Waals surface area contributed by atoms with Gasteiger partial charge in [-0.15, -0.1) is 0 Å². The minimum absolute atomic E-state index is 0.00989. The number of rotatable bonds is 8. The van der Waals surface area contributed by atoms with E-state index in [1.165, 1.54) is 7.11 Å². The second kappa shape index (κ2) is 8.64. The molecule has 0 bridgehead atoms. The lowest BCUT2D eigenvalue weighted by Crippen LogP contribution is -2.38. The Morgan fingerprint density at radius 3 is 3.00 bits per heavy atom. The quantitative estimate of drug-likeness (QED) is 0.751. The largest absolute Gasteiger partial charge is 0.376 e. The zero-order valence-electron chi connectivity index (χ0n) is 13.5. The van der Waals surface area contributed by atoms with Crippen LogP contribution in [0, 0.1) is 0 Å². The van der Waals surface area contributed by atoms with Crippen LogP contribution in [0.15, 0.2) is 10.6 Å². The van der Waals surface area contributed by atoms with Crippen molar-refractivity contribution in [2.75, 3.05) is 33.4 Å². The van der Waals surface area contributed by atoms with Crippen LogP contribution in [0.2, 0.25) is 0 Å². The maximum absolute atomic E-state index is 12.2. The molecule has 1 aromatic rings. The van der Waals surface area contributed by atoms with Crippen LogP contribution in [-0.4, -0.2) is 61.4 Å². The SMILES string of the molecule is CCNC(=O)c1cc(CN(CC2CCCO2)C(=O)COC)on1. The first-order valence-electron chi connectivity index (χ1n) is 7.76. The summed E-state index contributed by atoms with van der Waals surface area (Å²) in [6.07, 6.45) is 1.96. The Morgan fingerprint density at radius 1 is 1.52 bits per heavy atom. The van der Waals surface area contributed by atoms with Crippen molar-refractivity contribution < 1.29 is 23.6 Å². The molecule has 8 nitrogen and oxygen atoms in total. The first kappa shape index (κ1) is 17.4. The van der Waals surface area contributed by atoms with Gasteiger partial charge >= 0.3 is 0 Å². The van der Waals surface area contributed by atoms with E-state index in [2.05, 4.69) is 10.5 Å². The van der Waals surface area contributed by atoms with Gasteiger partial charge in [0.1, 0.15) is 6.61 Å². The summed E-state index contributed by atoms with van der Waals surface area (Å²) < 4.78 is 15.7. The molecule has 2 rings (SSSR count). The molecule has 8 heteroatoms. The highest BCUT2D eigenvalue weighted by atomic mass is 16.5. The Bertz CT molecular complexity index is 525. The Labute approximate surface area is 135 Å². The van der Waals surface area contributed by atoms with E-state index in [-0.39, 0.29) is 36.8 Å². The summed E-state index contributed by atoms with van der Waals surface area (Å²) >= 11 is 0. The summed E-state index contributed by atoms with van der Waals surface area (Å²) in [5.41, 5.74) is 0.207. The van der Waals surface area contributed by atoms with Gasteiger partial charge in [-0.2, -0.15) is 0 Å². The van der Waals surface area contributed by atoms with Crippen molar-refractivity contribution in [3.63, 3.8) is 0 Å². The number of nitrogens with zero attached hydrogens (tertiary/aromatic N) is 2. The summed E-state index contributed by atoms with van der Waals surface area (Å²) in [5.74, 6) is 0.00376. The van der Waals surface area contributed by atoms with E-state index in [0.29, 0.717) is 18.8 Å². The summed E-state index contributed by atoms with van der Waals surface area (Å²) in [6.45, 7) is 3.75. The van der Waals surface area contributed by atoms with Gasteiger partial charge in [-0.1, -0.05) is 5.16 Å². The standard InChI is InChI=1S/C15H23N3O5/c1-3-16-15(20)13-7-12(23-17-13)9-18(14(19)10-21-2)8-11-5-4-6-22-11/h7,11H,3-6,8-10H2,1-2H3,(H,16,20). The molecule has 1 atom stereocenters. The topological polar surface area (TPSA) is 93.9 Å². The average molecular weight is 325 g/mol. The van der Waals surface area contributed by atoms with Crippen LogP contribution in [0.5, 0.6) is 0 Å². The second-order valence-corrected chi connectivity index (χ2v) is 5.38. The fourth-order valence-corrected chi connectivity index (χ4v) is 2.44. The molecule has 1 aliphatic heterocycles. The van der Waals surface area contributed by atoms with E-state index >= 15 is 0 Å². The van der Waals surface area contributed by atoms with Crippen molar-refractivity contribution in [1.82, 2.24) is 15.4 Å². The predicted octanol–water partition coefficient (Wildman–Crippen LogP) is 0.578. The summed E-state index contributed by atoms with van der Waals surface area (Å²) in [4.78, 5) is 25.5. The average Bonchev–Trinajstić information content (AvgIpc) is 3.19. The molecular formula is C15H23N3O5. The second-order valence-electron chi connectivity index (χ2n) is 5.38. The molecule has 0 saturated carbocycles. The van der Waals surface area contributed by atoms with Crippen LogP contribution >= 0.6 is 0 Å². The molecule has 2 heterocycles. The first-order chi connectivity index (χ1) is 11.1. The van der Waals surface area contributed by atoms with E-state index in [1.807, 2.05) is 6.92 Å². The molecule has 1 aliphatic rings. The van der Waals surface area contributed by atoms with Gasteiger partial charge in [0.25, 0.3) is 5.91 Å². The highest BCUT2D eigenvalue weighted by molar-refractivity contribution is 5.92. The third-order valence-corrected chi connectivity index (χ3v) is 3.54. The molecule has 1 N–H and O–H groups in total. The lowest BCUT2D eigenvalue weighted by Gasteiger charge is -2.24. The van der Waals surface area contributed by atoms with Gasteiger partial charge in [-0.25, -0.2) is 0 Å². The normalized spacial score (nSPS) is 17.2. The summed E-state index contributed by atoms with van der Waals surface area (Å²) in [7, 11) is 1.48. The number of hydrogen-bond donors (Lipinski definition) is 1. The van der Waals surface area contributed by atoms with Gasteiger partial charge in [0.2, 0.25) is 5.91 Å². The van der Waals surface area contributed by atoms with Gasteiger partial charge in [0.05, 0.1) is 12.6 Å². The maximum Gasteiger partial charge on any atom is 0.273 e. The molecule has 0 aromatic carbocycles. The van der Waals surface area contributed by atoms with E-state index < -0.39 is 0 Å². The van der Waals surface area contributed by atoms with Crippen molar-refractivity contribution in [3.05, 3.63) is 17.5 Å². The maximum atomic E-state index is 12.2. The third-order valence-electron chi connectivity index (χ3n) is 3.54. The number of amides is 2. The Morgan fingerprint density at radius 2 is 2.35 bits per heavy atom. The first-order valence-corrected chi connectivity index (χ1v) is 7.76. The molecule has 1 unspecified atom stereocenters. The number of nitrogens with one attached hydrogen (secondary N) is 1. The van der Waals surface area contributed by atoms with E-state index in [4.69, 9.17) is 14.0 Å². The minimum Gasteiger partial charge on any atom is -0.376 e. The highest BCUT2D eigenvalue weighted by Crippen LogP contribution is 2.16. The van der Waals surface area contributed by atoms with Crippen LogP contribution in [0.3, 0.4) is 0 Å². The molecule has 0 radical (unpaired) electrons. The van der Waals surface area contributed by atoms with E-state index in [0.717, 1.165) is 19.4 Å². The van der Waals surface area contributed by atoms with Crippen LogP contribution in [0.1, 0.15) is 36.0 Å².